The van der Waals surface area contributed by atoms with Gasteiger partial charge in [-0.15, -0.1) is 0 Å². The third-order valence-corrected chi connectivity index (χ3v) is 1.59. The van der Waals surface area contributed by atoms with Crippen LogP contribution in [0.2, 0.25) is 0 Å². The highest BCUT2D eigenvalue weighted by molar-refractivity contribution is 5.77. The zero-order chi connectivity index (χ0) is 10.4. The first-order valence-corrected chi connectivity index (χ1v) is 3.95. The lowest BCUT2D eigenvalue weighted by atomic mass is 10.2. The third-order valence-electron chi connectivity index (χ3n) is 1.59. The Morgan fingerprint density at radius 2 is 1.92 bits per heavy atom. The molecule has 0 heterocycles. The van der Waals surface area contributed by atoms with Crippen LogP contribution in [-0.2, 0) is 19.1 Å². The predicted molar refractivity (Wildman–Crippen MR) is 46.1 cm³/mol. The van der Waals surface area contributed by atoms with Crippen LogP contribution < -0.4 is 5.32 Å². The van der Waals surface area contributed by atoms with Gasteiger partial charge < -0.3 is 14.8 Å². The van der Waals surface area contributed by atoms with Gasteiger partial charge in [-0.2, -0.15) is 0 Å². The number of esters is 2. The van der Waals surface area contributed by atoms with Crippen LogP contribution in [0.5, 0.6) is 0 Å². The van der Waals surface area contributed by atoms with Crippen molar-refractivity contribution in [2.75, 3.05) is 14.2 Å². The van der Waals surface area contributed by atoms with E-state index in [2.05, 4.69) is 10.1 Å². The third kappa shape index (κ3) is 3.89. The predicted octanol–water partition coefficient (Wildman–Crippen LogP) is -0.301. The van der Waals surface area contributed by atoms with E-state index in [1.54, 1.807) is 14.0 Å². The minimum absolute atomic E-state index is 0.420. The maximum absolute atomic E-state index is 11.1. The molecule has 0 radical (unpaired) electrons. The summed E-state index contributed by atoms with van der Waals surface area (Å²) >= 11 is 0. The second kappa shape index (κ2) is 5.53. The van der Waals surface area contributed by atoms with Crippen molar-refractivity contribution in [3.8, 4) is 0 Å². The molecule has 1 N–H and O–H groups in total. The average molecular weight is 189 g/mol. The van der Waals surface area contributed by atoms with Gasteiger partial charge in [0.05, 0.1) is 7.11 Å². The Balaban J connectivity index is 4.22. The Bertz CT molecular complexity index is 193. The van der Waals surface area contributed by atoms with Gasteiger partial charge in [-0.05, 0) is 14.0 Å². The second-order valence-electron chi connectivity index (χ2n) is 2.60. The van der Waals surface area contributed by atoms with E-state index >= 15 is 0 Å². The van der Waals surface area contributed by atoms with Crippen LogP contribution in [0.4, 0.5) is 0 Å². The highest BCUT2D eigenvalue weighted by Crippen LogP contribution is 2.00. The number of carbonyl (C=O) groups is 2. The van der Waals surface area contributed by atoms with Crippen molar-refractivity contribution in [3.63, 3.8) is 0 Å². The quantitative estimate of drug-likeness (QED) is 0.615. The summed E-state index contributed by atoms with van der Waals surface area (Å²) < 4.78 is 9.34. The van der Waals surface area contributed by atoms with Crippen LogP contribution in [0.25, 0.3) is 0 Å². The maximum atomic E-state index is 11.1. The van der Waals surface area contributed by atoms with Crippen LogP contribution in [0.3, 0.4) is 0 Å². The summed E-state index contributed by atoms with van der Waals surface area (Å²) in [6.07, 6.45) is -0.532. The highest BCUT2D eigenvalue weighted by atomic mass is 16.6. The summed E-state index contributed by atoms with van der Waals surface area (Å²) in [4.78, 5) is 21.7. The summed E-state index contributed by atoms with van der Waals surface area (Å²) in [7, 11) is 2.88. The molecule has 0 aliphatic carbocycles. The first-order valence-electron chi connectivity index (χ1n) is 3.95. The zero-order valence-corrected chi connectivity index (χ0v) is 8.29. The van der Waals surface area contributed by atoms with Gasteiger partial charge >= 0.3 is 11.9 Å². The van der Waals surface area contributed by atoms with Gasteiger partial charge in [0.25, 0.3) is 0 Å². The molecule has 0 aliphatic rings. The smallest absolute Gasteiger partial charge is 0.326 e. The van der Waals surface area contributed by atoms with Gasteiger partial charge in [-0.1, -0.05) is 0 Å². The first-order chi connectivity index (χ1) is 6.02. The SMILES string of the molecule is CN[C@H](C(=O)OC)[C@@H](C)OC(C)=O. The van der Waals surface area contributed by atoms with E-state index in [1.807, 2.05) is 0 Å². The van der Waals surface area contributed by atoms with E-state index in [-0.39, 0.29) is 0 Å². The fourth-order valence-electron chi connectivity index (χ4n) is 1.00. The van der Waals surface area contributed by atoms with Crippen LogP contribution in [0.1, 0.15) is 13.8 Å². The molecule has 0 spiro atoms. The van der Waals surface area contributed by atoms with Gasteiger partial charge in [0.15, 0.2) is 0 Å². The fourth-order valence-corrected chi connectivity index (χ4v) is 1.00. The van der Waals surface area contributed by atoms with Crippen LogP contribution in [0.15, 0.2) is 0 Å². The molecule has 2 atom stereocenters. The van der Waals surface area contributed by atoms with Crippen molar-refractivity contribution in [2.45, 2.75) is 26.0 Å². The van der Waals surface area contributed by atoms with E-state index in [0.717, 1.165) is 0 Å². The molecule has 0 fully saturated rings. The van der Waals surface area contributed by atoms with Crippen molar-refractivity contribution in [2.24, 2.45) is 0 Å². The molecule has 5 heteroatoms. The Kier molecular flexibility index (Phi) is 5.06. The number of carbonyl (C=O) groups excluding carboxylic acids is 2. The van der Waals surface area contributed by atoms with Crippen molar-refractivity contribution in [1.82, 2.24) is 5.32 Å². The molecule has 0 saturated heterocycles. The highest BCUT2D eigenvalue weighted by Gasteiger charge is 2.26. The van der Waals surface area contributed by atoms with Gasteiger partial charge in [-0.3, -0.25) is 9.59 Å². The molecular formula is C8H15NO4. The molecule has 5 nitrogen and oxygen atoms in total. The molecular weight excluding hydrogens is 174 g/mol. The lowest BCUT2D eigenvalue weighted by Crippen LogP contribution is -2.45. The van der Waals surface area contributed by atoms with Crippen LogP contribution >= 0.6 is 0 Å². The van der Waals surface area contributed by atoms with Crippen LogP contribution in [-0.4, -0.2) is 38.2 Å². The molecule has 0 rings (SSSR count). The van der Waals surface area contributed by atoms with E-state index in [0.29, 0.717) is 0 Å². The maximum Gasteiger partial charge on any atom is 0.326 e. The minimum Gasteiger partial charge on any atom is -0.468 e. The van der Waals surface area contributed by atoms with E-state index in [9.17, 15) is 9.59 Å². The lowest BCUT2D eigenvalue weighted by Gasteiger charge is -2.20. The minimum atomic E-state index is -0.617. The first kappa shape index (κ1) is 11.9. The molecule has 0 aromatic carbocycles. The summed E-state index contributed by atoms with van der Waals surface area (Å²) in [5, 5.41) is 2.71. The number of hydrogen-bond donors (Lipinski definition) is 1. The number of nitrogens with one attached hydrogen (secondary N) is 1. The molecule has 0 unspecified atom stereocenters. The van der Waals surface area contributed by atoms with Crippen molar-refractivity contribution in [1.29, 1.82) is 0 Å². The molecule has 76 valence electrons. The summed E-state index contributed by atoms with van der Waals surface area (Å²) in [5.41, 5.74) is 0. The monoisotopic (exact) mass is 189 g/mol. The summed E-state index contributed by atoms with van der Waals surface area (Å²) in [6, 6.07) is -0.617. The van der Waals surface area contributed by atoms with Crippen molar-refractivity contribution < 1.29 is 19.1 Å². The van der Waals surface area contributed by atoms with Crippen LogP contribution in [0, 0.1) is 0 Å². The topological polar surface area (TPSA) is 64.6 Å². The van der Waals surface area contributed by atoms with Crippen molar-refractivity contribution >= 4 is 11.9 Å². The Hall–Kier alpha value is -1.10. The zero-order valence-electron chi connectivity index (χ0n) is 8.29. The Morgan fingerprint density at radius 1 is 1.38 bits per heavy atom. The lowest BCUT2D eigenvalue weighted by molar-refractivity contribution is -0.154. The Morgan fingerprint density at radius 3 is 2.23 bits per heavy atom. The fraction of sp³-hybridized carbons (Fsp3) is 0.750. The number of ether oxygens (including phenoxy) is 2. The van der Waals surface area contributed by atoms with E-state index in [4.69, 9.17) is 4.74 Å². The second-order valence-corrected chi connectivity index (χ2v) is 2.60. The molecule has 13 heavy (non-hydrogen) atoms. The summed E-state index contributed by atoms with van der Waals surface area (Å²) in [6.45, 7) is 2.92. The molecule has 0 aromatic heterocycles. The number of hydrogen-bond acceptors (Lipinski definition) is 5. The molecule has 0 amide bonds. The summed E-state index contributed by atoms with van der Waals surface area (Å²) in [5.74, 6) is -0.868. The molecule has 0 aliphatic heterocycles. The van der Waals surface area contributed by atoms with Gasteiger partial charge in [0, 0.05) is 6.92 Å². The average Bonchev–Trinajstić information content (AvgIpc) is 2.03. The molecule has 0 aromatic rings. The largest absolute Gasteiger partial charge is 0.468 e. The van der Waals surface area contributed by atoms with E-state index in [1.165, 1.54) is 14.0 Å². The molecule has 0 bridgehead atoms. The molecule has 0 saturated carbocycles. The normalized spacial score (nSPS) is 14.5. The van der Waals surface area contributed by atoms with E-state index < -0.39 is 24.1 Å². The number of methoxy groups -OCH3 is 1. The number of rotatable bonds is 4. The van der Waals surface area contributed by atoms with Crippen molar-refractivity contribution in [3.05, 3.63) is 0 Å². The van der Waals surface area contributed by atoms with Gasteiger partial charge in [0.1, 0.15) is 12.1 Å². The van der Waals surface area contributed by atoms with Gasteiger partial charge in [-0.25, -0.2) is 0 Å². The Labute approximate surface area is 77.4 Å². The standard InChI is InChI=1S/C8H15NO4/c1-5(13-6(2)10)7(9-3)8(11)12-4/h5,7,9H,1-4H3/t5-,7+/m1/s1. The number of likely N-dealkylation sites (N-methyl/N-ethyl adjacent to an activating group) is 1. The van der Waals surface area contributed by atoms with Gasteiger partial charge in [0.2, 0.25) is 0 Å².